The Bertz CT molecular complexity index is 23.6. The maximum absolute atomic E-state index is 9.05. The molecule has 4 heteroatoms. The minimum atomic E-state index is -0.252. The zero-order valence-electron chi connectivity index (χ0n) is 2.26. The Labute approximate surface area is 54.5 Å². The first-order valence-electron chi connectivity index (χ1n) is 0.773. The van der Waals surface area contributed by atoms with Gasteiger partial charge in [-0.15, -0.1) is 0 Å². The molecule has 0 aliphatic heterocycles. The first kappa shape index (κ1) is 9.41. The molecule has 0 saturated carbocycles. The molecule has 0 aromatic rings. The van der Waals surface area contributed by atoms with Crippen molar-refractivity contribution in [3.05, 3.63) is 0 Å². The molecule has 0 aliphatic carbocycles. The fourth-order valence-corrected chi connectivity index (χ4v) is 0. The van der Waals surface area contributed by atoms with Gasteiger partial charge in [0.2, 0.25) is 0 Å². The summed E-state index contributed by atoms with van der Waals surface area (Å²) in [6, 6.07) is 0. The van der Waals surface area contributed by atoms with E-state index < -0.39 is 0 Å². The van der Waals surface area contributed by atoms with E-state index in [0.717, 1.165) is 0 Å². The maximum atomic E-state index is 9.05. The Kier molecular flexibility index (Phi) is 16.8. The average Bonchev–Trinajstić information content (AvgIpc) is 1.37. The van der Waals surface area contributed by atoms with Gasteiger partial charge in [-0.05, 0) is 0 Å². The predicted octanol–water partition coefficient (Wildman–Crippen LogP) is 0.191. The van der Waals surface area contributed by atoms with E-state index in [0.29, 0.717) is 0 Å². The molecule has 0 radical (unpaired) electrons. The summed E-state index contributed by atoms with van der Waals surface area (Å²) in [5.41, 5.74) is 0. The summed E-state index contributed by atoms with van der Waals surface area (Å²) in [4.78, 5) is 0. The van der Waals surface area contributed by atoms with Crippen molar-refractivity contribution in [2.45, 2.75) is 0 Å². The van der Waals surface area contributed by atoms with Crippen molar-refractivity contribution in [2.75, 3.05) is 7.11 Å². The predicted molar refractivity (Wildman–Crippen MR) is 21.8 cm³/mol. The molecule has 0 fully saturated rings. The van der Waals surface area contributed by atoms with Crippen molar-refractivity contribution < 1.29 is 9.09 Å². The topological polar surface area (TPSA) is 26.3 Å². The average molecular weight is 102 g/mol. The molecule has 0 aromatic heterocycles. The molecule has 0 saturated heterocycles. The van der Waals surface area contributed by atoms with Crippen molar-refractivity contribution in [3.63, 3.8) is 0 Å². The van der Waals surface area contributed by atoms with Gasteiger partial charge in [-0.2, -0.15) is 0 Å². The van der Waals surface area contributed by atoms with Crippen LogP contribution in [0.5, 0.6) is 0 Å². The summed E-state index contributed by atoms with van der Waals surface area (Å²) in [7, 11) is 1.10. The summed E-state index contributed by atoms with van der Waals surface area (Å²) < 4.78 is 13.0. The van der Waals surface area contributed by atoms with E-state index in [9.17, 15) is 0 Å². The van der Waals surface area contributed by atoms with Gasteiger partial charge in [0.1, 0.15) is 0 Å². The second-order valence-electron chi connectivity index (χ2n) is 0.257. The summed E-state index contributed by atoms with van der Waals surface area (Å²) in [5.74, 6) is 0. The summed E-state index contributed by atoms with van der Waals surface area (Å²) in [5, 5.41) is 0. The second-order valence-corrected chi connectivity index (χ2v) is 0.771. The molecule has 0 N–H and O–H groups in total. The molecular weight excluding hydrogens is 98.0 g/mol. The quantitative estimate of drug-likeness (QED) is 0.349. The van der Waals surface area contributed by atoms with Crippen LogP contribution < -0.4 is 0 Å². The fraction of sp³-hybridized carbons (Fsp3) is 1.00. The molecular formula is CH4NaO2P. The summed E-state index contributed by atoms with van der Waals surface area (Å²) in [6.07, 6.45) is 0. The second kappa shape index (κ2) is 8.91. The van der Waals surface area contributed by atoms with E-state index in [2.05, 4.69) is 4.52 Å². The zero-order chi connectivity index (χ0) is 3.41. The van der Waals surface area contributed by atoms with Crippen LogP contribution in [0.15, 0.2) is 0 Å². The Hall–Kier alpha value is 1.06. The molecule has 0 unspecified atom stereocenters. The number of hydrogen-bond donors (Lipinski definition) is 0. The summed E-state index contributed by atoms with van der Waals surface area (Å²) in [6.45, 7) is 0. The molecule has 0 heterocycles. The van der Waals surface area contributed by atoms with E-state index >= 15 is 0 Å². The van der Waals surface area contributed by atoms with Gasteiger partial charge in [-0.1, -0.05) is 0 Å². The molecule has 0 rings (SSSR count). The third kappa shape index (κ3) is 11.2. The normalized spacial score (nSPS) is 6.60. The Morgan fingerprint density at radius 2 is 2.00 bits per heavy atom. The van der Waals surface area contributed by atoms with Crippen molar-refractivity contribution in [3.8, 4) is 0 Å². The molecule has 2 nitrogen and oxygen atoms in total. The first-order valence-corrected chi connectivity index (χ1v) is 1.50. The molecule has 26 valence electrons. The molecule has 0 spiro atoms. The van der Waals surface area contributed by atoms with E-state index in [1.165, 1.54) is 7.11 Å². The van der Waals surface area contributed by atoms with Gasteiger partial charge in [0, 0.05) is 7.11 Å². The first-order chi connectivity index (χ1) is 1.91. The van der Waals surface area contributed by atoms with Crippen molar-refractivity contribution in [1.29, 1.82) is 0 Å². The minimum absolute atomic E-state index is 0. The molecule has 5 heavy (non-hydrogen) atoms. The number of rotatable bonds is 1. The van der Waals surface area contributed by atoms with Crippen molar-refractivity contribution in [1.82, 2.24) is 0 Å². The van der Waals surface area contributed by atoms with E-state index in [-0.39, 0.29) is 38.2 Å². The molecule has 0 aromatic carbocycles. The molecule has 0 aliphatic rings. The molecule has 0 atom stereocenters. The monoisotopic (exact) mass is 102 g/mol. The van der Waals surface area contributed by atoms with E-state index in [4.69, 9.17) is 4.57 Å². The van der Waals surface area contributed by atoms with Gasteiger partial charge in [0.15, 0.2) is 0 Å². The zero-order valence-corrected chi connectivity index (χ0v) is 3.16. The third-order valence-corrected chi connectivity index (χ3v) is 0.224. The van der Waals surface area contributed by atoms with Gasteiger partial charge in [0.05, 0.1) is 0 Å². The van der Waals surface area contributed by atoms with Crippen LogP contribution in [0.1, 0.15) is 0 Å². The molecule has 0 bridgehead atoms. The standard InChI is InChI=1S/CH3O2P.Na.H/c1-3-4-2;;/h1H3;;. The third-order valence-electron chi connectivity index (χ3n) is 0.0745. The van der Waals surface area contributed by atoms with Crippen molar-refractivity contribution >= 4 is 38.2 Å². The SMILES string of the molecule is COP=O.[NaH]. The fourth-order valence-electron chi connectivity index (χ4n) is 0. The number of hydrogen-bond acceptors (Lipinski definition) is 2. The Balaban J connectivity index is 0. The molecule has 0 amide bonds. The Morgan fingerprint density at radius 3 is 2.00 bits per heavy atom. The Morgan fingerprint density at radius 1 is 1.80 bits per heavy atom. The van der Waals surface area contributed by atoms with E-state index in [1.54, 1.807) is 0 Å². The van der Waals surface area contributed by atoms with Gasteiger partial charge >= 0.3 is 38.2 Å². The van der Waals surface area contributed by atoms with Crippen LogP contribution in [0.3, 0.4) is 0 Å². The van der Waals surface area contributed by atoms with Crippen LogP contribution in [0.4, 0.5) is 0 Å². The van der Waals surface area contributed by atoms with Gasteiger partial charge in [-0.3, -0.25) is 4.52 Å². The van der Waals surface area contributed by atoms with Crippen LogP contribution in [0.25, 0.3) is 0 Å². The van der Waals surface area contributed by atoms with Crippen LogP contribution in [0, 0.1) is 0 Å². The van der Waals surface area contributed by atoms with Gasteiger partial charge in [0.25, 0.3) is 0 Å². The van der Waals surface area contributed by atoms with Crippen LogP contribution in [0.2, 0.25) is 0 Å². The van der Waals surface area contributed by atoms with Crippen molar-refractivity contribution in [2.24, 2.45) is 0 Å². The van der Waals surface area contributed by atoms with E-state index in [1.807, 2.05) is 0 Å². The van der Waals surface area contributed by atoms with Crippen LogP contribution in [-0.2, 0) is 9.09 Å². The van der Waals surface area contributed by atoms with Gasteiger partial charge < -0.3 is 0 Å². The summed E-state index contributed by atoms with van der Waals surface area (Å²) >= 11 is 0. The van der Waals surface area contributed by atoms with Crippen LogP contribution >= 0.6 is 8.69 Å². The van der Waals surface area contributed by atoms with Gasteiger partial charge in [-0.25, -0.2) is 4.57 Å². The van der Waals surface area contributed by atoms with Crippen LogP contribution in [-0.4, -0.2) is 36.7 Å².